The number of amides is 2. The first-order valence-corrected chi connectivity index (χ1v) is 11.3. The maximum Gasteiger partial charge on any atom is 0.254 e. The van der Waals surface area contributed by atoms with Gasteiger partial charge in [0, 0.05) is 43.5 Å². The van der Waals surface area contributed by atoms with E-state index in [1.165, 1.54) is 6.08 Å². The molecule has 0 radical (unpaired) electrons. The minimum absolute atomic E-state index is 0.0699. The SMILES string of the molecule is Cc1ccccc1C(=O)N1CCN(c2ccc(NC(=O)C=Cc3ccccc3)cc2Cl)CC1. The van der Waals surface area contributed by atoms with Gasteiger partial charge in [0.25, 0.3) is 5.91 Å². The van der Waals surface area contributed by atoms with Crippen LogP contribution < -0.4 is 10.2 Å². The minimum atomic E-state index is -0.217. The summed E-state index contributed by atoms with van der Waals surface area (Å²) in [6, 6.07) is 22.9. The lowest BCUT2D eigenvalue weighted by Crippen LogP contribution is -2.49. The van der Waals surface area contributed by atoms with Crippen LogP contribution in [0.5, 0.6) is 0 Å². The normalized spacial score (nSPS) is 13.9. The number of rotatable bonds is 5. The molecule has 0 bridgehead atoms. The molecule has 3 aromatic rings. The fraction of sp³-hybridized carbons (Fsp3) is 0.185. The molecule has 0 atom stereocenters. The summed E-state index contributed by atoms with van der Waals surface area (Å²) in [5.74, 6) is -0.147. The number of nitrogens with one attached hydrogen (secondary N) is 1. The Labute approximate surface area is 199 Å². The molecule has 168 valence electrons. The molecule has 4 rings (SSSR count). The highest BCUT2D eigenvalue weighted by atomic mass is 35.5. The molecule has 0 aliphatic carbocycles. The quantitative estimate of drug-likeness (QED) is 0.529. The average Bonchev–Trinajstić information content (AvgIpc) is 2.84. The highest BCUT2D eigenvalue weighted by molar-refractivity contribution is 6.33. The van der Waals surface area contributed by atoms with Gasteiger partial charge in [-0.05, 0) is 48.4 Å². The predicted molar refractivity (Wildman–Crippen MR) is 135 cm³/mol. The molecule has 1 aliphatic heterocycles. The second-order valence-electron chi connectivity index (χ2n) is 7.99. The summed E-state index contributed by atoms with van der Waals surface area (Å²) in [5, 5.41) is 3.42. The van der Waals surface area contributed by atoms with Crippen LogP contribution in [0.25, 0.3) is 6.08 Å². The molecule has 3 aromatic carbocycles. The van der Waals surface area contributed by atoms with E-state index in [2.05, 4.69) is 10.2 Å². The summed E-state index contributed by atoms with van der Waals surface area (Å²) in [5.41, 5.74) is 4.24. The van der Waals surface area contributed by atoms with Gasteiger partial charge in [-0.15, -0.1) is 0 Å². The molecule has 33 heavy (non-hydrogen) atoms. The molecular weight excluding hydrogens is 434 g/mol. The van der Waals surface area contributed by atoms with Gasteiger partial charge in [0.1, 0.15) is 0 Å². The van der Waals surface area contributed by atoms with Gasteiger partial charge in [-0.2, -0.15) is 0 Å². The van der Waals surface area contributed by atoms with E-state index in [-0.39, 0.29) is 11.8 Å². The monoisotopic (exact) mass is 459 g/mol. The molecule has 1 saturated heterocycles. The molecule has 0 unspecified atom stereocenters. The zero-order chi connectivity index (χ0) is 23.2. The van der Waals surface area contributed by atoms with Crippen LogP contribution in [0.3, 0.4) is 0 Å². The van der Waals surface area contributed by atoms with Gasteiger partial charge < -0.3 is 15.1 Å². The number of benzene rings is 3. The summed E-state index contributed by atoms with van der Waals surface area (Å²) in [6.07, 6.45) is 3.27. The van der Waals surface area contributed by atoms with Crippen LogP contribution in [-0.2, 0) is 4.79 Å². The Balaban J connectivity index is 1.35. The van der Waals surface area contributed by atoms with Gasteiger partial charge in [0.05, 0.1) is 10.7 Å². The van der Waals surface area contributed by atoms with Gasteiger partial charge >= 0.3 is 0 Å². The number of carbonyl (C=O) groups excluding carboxylic acids is 2. The largest absolute Gasteiger partial charge is 0.367 e. The number of hydrogen-bond donors (Lipinski definition) is 1. The van der Waals surface area contributed by atoms with Crippen molar-refractivity contribution in [2.45, 2.75) is 6.92 Å². The maximum absolute atomic E-state index is 12.9. The van der Waals surface area contributed by atoms with E-state index in [0.717, 1.165) is 22.4 Å². The third-order valence-electron chi connectivity index (χ3n) is 5.72. The highest BCUT2D eigenvalue weighted by Gasteiger charge is 2.24. The molecule has 1 fully saturated rings. The van der Waals surface area contributed by atoms with Crippen LogP contribution in [0.15, 0.2) is 78.9 Å². The van der Waals surface area contributed by atoms with E-state index >= 15 is 0 Å². The van der Waals surface area contributed by atoms with E-state index in [1.54, 1.807) is 12.1 Å². The summed E-state index contributed by atoms with van der Waals surface area (Å²) in [6.45, 7) is 4.62. The highest BCUT2D eigenvalue weighted by Crippen LogP contribution is 2.30. The third-order valence-corrected chi connectivity index (χ3v) is 6.03. The van der Waals surface area contributed by atoms with E-state index in [4.69, 9.17) is 11.6 Å². The van der Waals surface area contributed by atoms with Gasteiger partial charge in [0.2, 0.25) is 5.91 Å². The lowest BCUT2D eigenvalue weighted by Gasteiger charge is -2.36. The minimum Gasteiger partial charge on any atom is -0.367 e. The number of piperazine rings is 1. The zero-order valence-corrected chi connectivity index (χ0v) is 19.3. The number of hydrogen-bond acceptors (Lipinski definition) is 3. The maximum atomic E-state index is 12.9. The summed E-state index contributed by atoms with van der Waals surface area (Å²) < 4.78 is 0. The lowest BCUT2D eigenvalue weighted by atomic mass is 10.1. The Morgan fingerprint density at radius 1 is 0.909 bits per heavy atom. The lowest BCUT2D eigenvalue weighted by molar-refractivity contribution is -0.111. The van der Waals surface area contributed by atoms with E-state index < -0.39 is 0 Å². The van der Waals surface area contributed by atoms with Crippen molar-refractivity contribution in [3.05, 3.63) is 101 Å². The van der Waals surface area contributed by atoms with Gasteiger partial charge in [-0.25, -0.2) is 0 Å². The zero-order valence-electron chi connectivity index (χ0n) is 18.5. The Morgan fingerprint density at radius 3 is 2.30 bits per heavy atom. The number of anilines is 2. The molecule has 2 amide bonds. The van der Waals surface area contributed by atoms with Crippen molar-refractivity contribution >= 4 is 40.9 Å². The second-order valence-corrected chi connectivity index (χ2v) is 8.40. The Bertz CT molecular complexity index is 1170. The molecule has 1 aliphatic rings. The molecule has 0 spiro atoms. The smallest absolute Gasteiger partial charge is 0.254 e. The van der Waals surface area contributed by atoms with Crippen molar-refractivity contribution in [3.8, 4) is 0 Å². The first-order chi connectivity index (χ1) is 16.0. The Hall–Kier alpha value is -3.57. The van der Waals surface area contributed by atoms with Gasteiger partial charge in [-0.1, -0.05) is 60.1 Å². The summed E-state index contributed by atoms with van der Waals surface area (Å²) >= 11 is 6.54. The van der Waals surface area contributed by atoms with E-state index in [0.29, 0.717) is 36.9 Å². The molecular formula is C27H26ClN3O2. The van der Waals surface area contributed by atoms with E-state index in [9.17, 15) is 9.59 Å². The Morgan fingerprint density at radius 2 is 1.61 bits per heavy atom. The van der Waals surface area contributed by atoms with Crippen molar-refractivity contribution in [2.75, 3.05) is 36.4 Å². The topological polar surface area (TPSA) is 52.7 Å². The fourth-order valence-corrected chi connectivity index (χ4v) is 4.19. The van der Waals surface area contributed by atoms with Crippen LogP contribution in [0.2, 0.25) is 5.02 Å². The first-order valence-electron chi connectivity index (χ1n) is 10.9. The van der Waals surface area contributed by atoms with Crippen LogP contribution in [0.1, 0.15) is 21.5 Å². The number of aryl methyl sites for hydroxylation is 1. The van der Waals surface area contributed by atoms with Gasteiger partial charge in [-0.3, -0.25) is 9.59 Å². The number of nitrogens with zero attached hydrogens (tertiary/aromatic N) is 2. The van der Waals surface area contributed by atoms with Crippen molar-refractivity contribution in [1.82, 2.24) is 4.90 Å². The van der Waals surface area contributed by atoms with Crippen molar-refractivity contribution < 1.29 is 9.59 Å². The molecule has 0 aromatic heterocycles. The van der Waals surface area contributed by atoms with Crippen molar-refractivity contribution in [1.29, 1.82) is 0 Å². The number of halogens is 1. The second kappa shape index (κ2) is 10.4. The standard InChI is InChI=1S/C27H26ClN3O2/c1-20-7-5-6-10-23(20)27(33)31-17-15-30(16-18-31)25-13-12-22(19-24(25)28)29-26(32)14-11-21-8-3-2-4-9-21/h2-14,19H,15-18H2,1H3,(H,29,32). The van der Waals surface area contributed by atoms with Crippen LogP contribution in [0, 0.1) is 6.92 Å². The van der Waals surface area contributed by atoms with Gasteiger partial charge in [0.15, 0.2) is 0 Å². The summed E-state index contributed by atoms with van der Waals surface area (Å²) in [4.78, 5) is 29.2. The Kier molecular flexibility index (Phi) is 7.10. The van der Waals surface area contributed by atoms with Crippen molar-refractivity contribution in [3.63, 3.8) is 0 Å². The first kappa shape index (κ1) is 22.6. The molecule has 1 heterocycles. The molecule has 0 saturated carbocycles. The average molecular weight is 460 g/mol. The van der Waals surface area contributed by atoms with Crippen LogP contribution in [-0.4, -0.2) is 42.9 Å². The molecule has 5 nitrogen and oxygen atoms in total. The van der Waals surface area contributed by atoms with E-state index in [1.807, 2.05) is 78.6 Å². The number of carbonyl (C=O) groups is 2. The molecule has 1 N–H and O–H groups in total. The predicted octanol–water partition coefficient (Wildman–Crippen LogP) is 5.26. The van der Waals surface area contributed by atoms with Crippen LogP contribution in [0.4, 0.5) is 11.4 Å². The van der Waals surface area contributed by atoms with Crippen LogP contribution >= 0.6 is 11.6 Å². The third kappa shape index (κ3) is 5.62. The molecule has 6 heteroatoms. The fourth-order valence-electron chi connectivity index (χ4n) is 3.89. The van der Waals surface area contributed by atoms with Crippen molar-refractivity contribution in [2.24, 2.45) is 0 Å². The summed E-state index contributed by atoms with van der Waals surface area (Å²) in [7, 11) is 0.